The van der Waals surface area contributed by atoms with Crippen LogP contribution in [0.5, 0.6) is 0 Å². The third kappa shape index (κ3) is 5.83. The van der Waals surface area contributed by atoms with Crippen molar-refractivity contribution >= 4 is 33.8 Å². The largest absolute Gasteiger partial charge is 0.352 e. The van der Waals surface area contributed by atoms with Gasteiger partial charge in [0, 0.05) is 48.7 Å². The molecule has 45 heavy (non-hydrogen) atoms. The van der Waals surface area contributed by atoms with Crippen molar-refractivity contribution in [2.24, 2.45) is 17.4 Å². The number of H-pyrrole nitrogens is 1. The van der Waals surface area contributed by atoms with Gasteiger partial charge in [-0.15, -0.1) is 0 Å². The lowest BCUT2D eigenvalue weighted by Gasteiger charge is -2.29. The Morgan fingerprint density at radius 3 is 2.36 bits per heavy atom. The van der Waals surface area contributed by atoms with Crippen molar-refractivity contribution in [3.05, 3.63) is 53.6 Å². The molecule has 0 radical (unpaired) electrons. The first-order valence-electron chi connectivity index (χ1n) is 16.2. The summed E-state index contributed by atoms with van der Waals surface area (Å²) in [4.78, 5) is 38.7. The van der Waals surface area contributed by atoms with Crippen LogP contribution in [0.3, 0.4) is 0 Å². The van der Waals surface area contributed by atoms with E-state index in [0.29, 0.717) is 55.0 Å². The molecule has 0 bridgehead atoms. The lowest BCUT2D eigenvalue weighted by molar-refractivity contribution is -0.135. The Morgan fingerprint density at radius 2 is 1.64 bits per heavy atom. The molecule has 4 atom stereocenters. The summed E-state index contributed by atoms with van der Waals surface area (Å²) in [6.45, 7) is 7.51. The molecule has 11 heteroatoms. The van der Waals surface area contributed by atoms with Crippen molar-refractivity contribution in [3.8, 4) is 11.5 Å². The Hall–Kier alpha value is -3.83. The summed E-state index contributed by atoms with van der Waals surface area (Å²) >= 11 is 0. The number of hydrogen-bond acceptors (Lipinski definition) is 5. The Labute approximate surface area is 261 Å². The van der Waals surface area contributed by atoms with E-state index >= 15 is 0 Å². The van der Waals surface area contributed by atoms with Gasteiger partial charge in [0.25, 0.3) is 0 Å². The minimum atomic E-state index is -0.591. The summed E-state index contributed by atoms with van der Waals surface area (Å²) in [6, 6.07) is 7.86. The first-order valence-corrected chi connectivity index (χ1v) is 16.2. The minimum absolute atomic E-state index is 0.00887. The zero-order valence-electron chi connectivity index (χ0n) is 26.2. The third-order valence-electron chi connectivity index (χ3n) is 9.72. The van der Waals surface area contributed by atoms with Gasteiger partial charge in [-0.05, 0) is 80.3 Å². The third-order valence-corrected chi connectivity index (χ3v) is 9.72. The maximum absolute atomic E-state index is 14.5. The van der Waals surface area contributed by atoms with Gasteiger partial charge in [-0.2, -0.15) is 0 Å². The quantitative estimate of drug-likeness (QED) is 0.250. The summed E-state index contributed by atoms with van der Waals surface area (Å²) in [5.41, 5.74) is 15.9. The number of carbonyl (C=O) groups is 2. The van der Waals surface area contributed by atoms with Gasteiger partial charge in [0.2, 0.25) is 11.8 Å². The molecule has 0 saturated carbocycles. The highest BCUT2D eigenvalue weighted by Crippen LogP contribution is 2.36. The van der Waals surface area contributed by atoms with Crippen LogP contribution in [-0.2, 0) is 22.6 Å². The van der Waals surface area contributed by atoms with E-state index in [2.05, 4.69) is 4.98 Å². The molecule has 6 rings (SSSR count). The highest BCUT2D eigenvalue weighted by Gasteiger charge is 2.36. The van der Waals surface area contributed by atoms with E-state index in [1.54, 1.807) is 12.1 Å². The van der Waals surface area contributed by atoms with Crippen LogP contribution in [0.25, 0.3) is 33.5 Å². The van der Waals surface area contributed by atoms with Gasteiger partial charge in [0.15, 0.2) is 5.82 Å². The van der Waals surface area contributed by atoms with E-state index in [9.17, 15) is 18.4 Å². The molecule has 4 aromatic rings. The van der Waals surface area contributed by atoms with E-state index in [4.69, 9.17) is 16.5 Å². The Balaban J connectivity index is 1.46. The first-order chi connectivity index (χ1) is 21.6. The van der Waals surface area contributed by atoms with Crippen LogP contribution in [0.2, 0.25) is 0 Å². The number of nitrogens with zero attached hydrogens (tertiary/aromatic N) is 4. The van der Waals surface area contributed by atoms with Crippen molar-refractivity contribution in [1.82, 2.24) is 24.3 Å². The van der Waals surface area contributed by atoms with E-state index < -0.39 is 17.9 Å². The number of imidazole rings is 1. The monoisotopic (exact) mass is 619 g/mol. The molecule has 240 valence electrons. The van der Waals surface area contributed by atoms with Crippen molar-refractivity contribution in [3.63, 3.8) is 0 Å². The van der Waals surface area contributed by atoms with Crippen molar-refractivity contribution in [2.45, 2.75) is 90.0 Å². The summed E-state index contributed by atoms with van der Waals surface area (Å²) in [5.74, 6) is -0.301. The van der Waals surface area contributed by atoms with Crippen molar-refractivity contribution in [1.29, 1.82) is 0 Å². The predicted octanol–water partition coefficient (Wildman–Crippen LogP) is 4.71. The van der Waals surface area contributed by atoms with Crippen LogP contribution >= 0.6 is 0 Å². The number of benzene rings is 2. The maximum Gasteiger partial charge on any atom is 0.240 e. The fraction of sp³-hybridized carbons (Fsp3) is 0.500. The Morgan fingerprint density at radius 1 is 0.978 bits per heavy atom. The molecule has 9 nitrogen and oxygen atoms in total. The SMILES string of the molecule is CCC(N)C(=O)N1CCC[C@H]1Cc1c(-c2nc3cc(F)ccc3n2C[C@@H]2CCCN2C(=O)C(N)C(C)C)[nH]c2cc(F)ccc12. The van der Waals surface area contributed by atoms with Crippen LogP contribution in [0, 0.1) is 17.6 Å². The van der Waals surface area contributed by atoms with Gasteiger partial charge >= 0.3 is 0 Å². The number of amides is 2. The molecule has 0 spiro atoms. The van der Waals surface area contributed by atoms with E-state index in [1.807, 2.05) is 35.1 Å². The number of halogens is 2. The molecule has 2 unspecified atom stereocenters. The van der Waals surface area contributed by atoms with Gasteiger partial charge < -0.3 is 30.8 Å². The smallest absolute Gasteiger partial charge is 0.240 e. The van der Waals surface area contributed by atoms with Gasteiger partial charge in [-0.3, -0.25) is 9.59 Å². The molecular weight excluding hydrogens is 576 g/mol. The molecule has 0 aliphatic carbocycles. The van der Waals surface area contributed by atoms with E-state index in [0.717, 1.165) is 42.1 Å². The van der Waals surface area contributed by atoms with Gasteiger partial charge in [0.05, 0.1) is 28.8 Å². The lowest BCUT2D eigenvalue weighted by Crippen LogP contribution is -2.49. The second-order valence-corrected chi connectivity index (χ2v) is 13.0. The first kappa shape index (κ1) is 31.2. The molecule has 2 aromatic carbocycles. The molecule has 4 heterocycles. The number of rotatable bonds is 9. The highest BCUT2D eigenvalue weighted by molar-refractivity contribution is 5.92. The van der Waals surface area contributed by atoms with Crippen molar-refractivity contribution in [2.75, 3.05) is 13.1 Å². The van der Waals surface area contributed by atoms with Gasteiger partial charge in [-0.25, -0.2) is 13.8 Å². The molecule has 2 amide bonds. The second kappa shape index (κ2) is 12.5. The van der Waals surface area contributed by atoms with Crippen LogP contribution in [-0.4, -0.2) is 73.4 Å². The number of aromatic nitrogens is 3. The zero-order chi connectivity index (χ0) is 32.0. The summed E-state index contributed by atoms with van der Waals surface area (Å²) in [7, 11) is 0. The van der Waals surface area contributed by atoms with E-state index in [-0.39, 0.29) is 35.6 Å². The Kier molecular flexibility index (Phi) is 8.67. The normalized spacial score (nSPS) is 20.2. The standard InChI is InChI=1S/C34H43F2N7O2/c1-4-26(37)33(44)41-13-5-7-22(41)17-25-24-11-9-20(35)15-27(24)39-31(25)32-40-28-16-21(36)10-12-29(28)43(32)18-23-8-6-14-42(23)34(45)30(38)19(2)3/h9-12,15-16,19,22-23,26,30,39H,4-8,13-14,17-18,37-38H2,1-3H3/t22-,23-,26?,30?/m0/s1. The highest BCUT2D eigenvalue weighted by atomic mass is 19.1. The number of carbonyl (C=O) groups excluding carboxylic acids is 2. The van der Waals surface area contributed by atoms with Crippen LogP contribution in [0.4, 0.5) is 8.78 Å². The average molecular weight is 620 g/mol. The minimum Gasteiger partial charge on any atom is -0.352 e. The Bertz CT molecular complexity index is 1730. The van der Waals surface area contributed by atoms with Gasteiger partial charge in [0.1, 0.15) is 11.6 Å². The number of hydrogen-bond donors (Lipinski definition) is 3. The number of nitrogens with two attached hydrogens (primary N) is 2. The predicted molar refractivity (Wildman–Crippen MR) is 171 cm³/mol. The van der Waals surface area contributed by atoms with Crippen molar-refractivity contribution < 1.29 is 18.4 Å². The molecule has 2 aliphatic heterocycles. The van der Waals surface area contributed by atoms with Crippen LogP contribution in [0.1, 0.15) is 58.4 Å². The molecule has 2 aliphatic rings. The molecule has 5 N–H and O–H groups in total. The topological polar surface area (TPSA) is 126 Å². The zero-order valence-corrected chi connectivity index (χ0v) is 26.2. The average Bonchev–Trinajstić information content (AvgIpc) is 3.81. The summed E-state index contributed by atoms with van der Waals surface area (Å²) < 4.78 is 31.0. The molecular formula is C34H43F2N7O2. The summed E-state index contributed by atoms with van der Waals surface area (Å²) in [5, 5.41) is 0.843. The van der Waals surface area contributed by atoms with Crippen LogP contribution < -0.4 is 11.5 Å². The summed E-state index contributed by atoms with van der Waals surface area (Å²) in [6.07, 6.45) is 4.45. The number of nitrogens with one attached hydrogen (secondary N) is 1. The second-order valence-electron chi connectivity index (χ2n) is 13.0. The number of fused-ring (bicyclic) bond motifs is 2. The van der Waals surface area contributed by atoms with Gasteiger partial charge in [-0.1, -0.05) is 20.8 Å². The number of aromatic amines is 1. The molecule has 2 aromatic heterocycles. The van der Waals surface area contributed by atoms with E-state index in [1.165, 1.54) is 24.3 Å². The number of likely N-dealkylation sites (tertiary alicyclic amines) is 2. The lowest BCUT2D eigenvalue weighted by atomic mass is 9.99. The fourth-order valence-electron chi connectivity index (χ4n) is 7.07. The molecule has 2 fully saturated rings. The fourth-order valence-corrected chi connectivity index (χ4v) is 7.07. The molecule has 2 saturated heterocycles. The van der Waals surface area contributed by atoms with Crippen LogP contribution in [0.15, 0.2) is 36.4 Å². The maximum atomic E-state index is 14.5.